The van der Waals surface area contributed by atoms with E-state index in [-0.39, 0.29) is 16.3 Å². The van der Waals surface area contributed by atoms with E-state index in [2.05, 4.69) is 5.32 Å². The predicted octanol–water partition coefficient (Wildman–Crippen LogP) is 2.49. The highest BCUT2D eigenvalue weighted by Crippen LogP contribution is 2.41. The van der Waals surface area contributed by atoms with Crippen LogP contribution in [0, 0.1) is 10.1 Å². The summed E-state index contributed by atoms with van der Waals surface area (Å²) in [5, 5.41) is 18.8. The number of halogens is 1. The Morgan fingerprint density at radius 3 is 2.66 bits per heavy atom. The Morgan fingerprint density at radius 1 is 1.34 bits per heavy atom. The SMILES string of the molecule is CCCOc1ccccc1C1NC(=O)c2cc([N+](=O)[O-])c(Cl)cc2N1S(N)(=O)=O. The molecule has 10 nitrogen and oxygen atoms in total. The molecule has 1 aliphatic rings. The maximum atomic E-state index is 12.7. The number of rotatable bonds is 6. The number of nitro benzene ring substituents is 1. The van der Waals surface area contributed by atoms with Crippen molar-refractivity contribution in [2.24, 2.45) is 5.14 Å². The molecule has 1 amide bonds. The van der Waals surface area contributed by atoms with Crippen LogP contribution in [-0.2, 0) is 10.2 Å². The van der Waals surface area contributed by atoms with Crippen molar-refractivity contribution in [1.82, 2.24) is 5.32 Å². The van der Waals surface area contributed by atoms with Crippen molar-refractivity contribution in [3.05, 3.63) is 62.7 Å². The lowest BCUT2D eigenvalue weighted by atomic mass is 10.0. The van der Waals surface area contributed by atoms with Crippen LogP contribution in [0.5, 0.6) is 5.75 Å². The number of nitro groups is 1. The Bertz CT molecular complexity index is 1090. The molecule has 12 heteroatoms. The third-order valence-corrected chi connectivity index (χ3v) is 5.45. The molecule has 3 rings (SSSR count). The number of carbonyl (C=O) groups is 1. The number of para-hydroxylation sites is 1. The number of anilines is 1. The number of hydrogen-bond acceptors (Lipinski definition) is 6. The zero-order valence-corrected chi connectivity index (χ0v) is 16.7. The zero-order chi connectivity index (χ0) is 21.3. The van der Waals surface area contributed by atoms with Crippen LogP contribution >= 0.6 is 11.6 Å². The zero-order valence-electron chi connectivity index (χ0n) is 15.2. The molecule has 1 unspecified atom stereocenters. The van der Waals surface area contributed by atoms with Crippen molar-refractivity contribution in [3.63, 3.8) is 0 Å². The van der Waals surface area contributed by atoms with E-state index < -0.39 is 32.9 Å². The van der Waals surface area contributed by atoms with Crippen LogP contribution in [0.3, 0.4) is 0 Å². The highest BCUT2D eigenvalue weighted by molar-refractivity contribution is 7.90. The van der Waals surface area contributed by atoms with Crippen LogP contribution < -0.4 is 19.5 Å². The lowest BCUT2D eigenvalue weighted by Crippen LogP contribution is -2.51. The normalized spacial score (nSPS) is 16.2. The van der Waals surface area contributed by atoms with E-state index in [9.17, 15) is 23.3 Å². The van der Waals surface area contributed by atoms with Crippen LogP contribution in [0.4, 0.5) is 11.4 Å². The van der Waals surface area contributed by atoms with Crippen molar-refractivity contribution in [2.75, 3.05) is 10.9 Å². The number of nitrogens with zero attached hydrogens (tertiary/aromatic N) is 2. The van der Waals surface area contributed by atoms with Gasteiger partial charge in [-0.15, -0.1) is 0 Å². The van der Waals surface area contributed by atoms with Gasteiger partial charge in [-0.25, -0.2) is 9.44 Å². The van der Waals surface area contributed by atoms with Crippen LogP contribution in [-0.4, -0.2) is 25.9 Å². The fraction of sp³-hybridized carbons (Fsp3) is 0.235. The number of benzene rings is 2. The lowest BCUT2D eigenvalue weighted by Gasteiger charge is -2.37. The van der Waals surface area contributed by atoms with Gasteiger partial charge in [0.1, 0.15) is 16.9 Å². The fourth-order valence-electron chi connectivity index (χ4n) is 2.99. The lowest BCUT2D eigenvalue weighted by molar-refractivity contribution is -0.384. The van der Waals surface area contributed by atoms with E-state index >= 15 is 0 Å². The largest absolute Gasteiger partial charge is 0.493 e. The van der Waals surface area contributed by atoms with Crippen LogP contribution in [0.15, 0.2) is 36.4 Å². The van der Waals surface area contributed by atoms with Gasteiger partial charge >= 0.3 is 10.2 Å². The molecule has 0 radical (unpaired) electrons. The molecule has 0 spiro atoms. The van der Waals surface area contributed by atoms with Gasteiger partial charge in [0.25, 0.3) is 11.6 Å². The average molecular weight is 441 g/mol. The number of ether oxygens (including phenoxy) is 1. The maximum absolute atomic E-state index is 12.7. The smallest absolute Gasteiger partial charge is 0.301 e. The number of hydrogen-bond donors (Lipinski definition) is 2. The molecule has 2 aromatic carbocycles. The highest BCUT2D eigenvalue weighted by Gasteiger charge is 2.40. The molecule has 0 saturated carbocycles. The number of nitrogens with two attached hydrogens (primary N) is 1. The molecule has 1 heterocycles. The van der Waals surface area contributed by atoms with Gasteiger partial charge in [-0.1, -0.05) is 36.7 Å². The minimum Gasteiger partial charge on any atom is -0.493 e. The first-order valence-electron chi connectivity index (χ1n) is 8.47. The van der Waals surface area contributed by atoms with Crippen molar-refractivity contribution in [1.29, 1.82) is 0 Å². The molecular weight excluding hydrogens is 424 g/mol. The van der Waals surface area contributed by atoms with Gasteiger partial charge in [-0.2, -0.15) is 8.42 Å². The second-order valence-electron chi connectivity index (χ2n) is 6.18. The van der Waals surface area contributed by atoms with Gasteiger partial charge < -0.3 is 10.1 Å². The van der Waals surface area contributed by atoms with Crippen molar-refractivity contribution >= 4 is 39.1 Å². The van der Waals surface area contributed by atoms with E-state index in [4.69, 9.17) is 21.5 Å². The average Bonchev–Trinajstić information content (AvgIpc) is 2.64. The summed E-state index contributed by atoms with van der Waals surface area (Å²) in [7, 11) is -4.41. The monoisotopic (exact) mass is 440 g/mol. The molecule has 2 aromatic rings. The highest BCUT2D eigenvalue weighted by atomic mass is 35.5. The summed E-state index contributed by atoms with van der Waals surface area (Å²) in [6, 6.07) is 8.54. The Balaban J connectivity index is 2.21. The van der Waals surface area contributed by atoms with Gasteiger partial charge in [-0.3, -0.25) is 14.9 Å². The van der Waals surface area contributed by atoms with Gasteiger partial charge in [0, 0.05) is 11.6 Å². The fourth-order valence-corrected chi connectivity index (χ4v) is 4.11. The molecule has 0 fully saturated rings. The van der Waals surface area contributed by atoms with Gasteiger partial charge in [0.2, 0.25) is 0 Å². The molecule has 0 saturated heterocycles. The first-order valence-corrected chi connectivity index (χ1v) is 10.4. The van der Waals surface area contributed by atoms with Gasteiger partial charge in [0.15, 0.2) is 0 Å². The minimum atomic E-state index is -4.41. The van der Waals surface area contributed by atoms with E-state index in [1.54, 1.807) is 24.3 Å². The quantitative estimate of drug-likeness (QED) is 0.521. The Labute approximate surface area is 171 Å². The summed E-state index contributed by atoms with van der Waals surface area (Å²) >= 11 is 5.95. The van der Waals surface area contributed by atoms with Crippen LogP contribution in [0.25, 0.3) is 0 Å². The summed E-state index contributed by atoms with van der Waals surface area (Å²) in [4.78, 5) is 23.0. The molecular formula is C17H17ClN4O6S. The van der Waals surface area contributed by atoms with Gasteiger partial charge in [0.05, 0.1) is 22.8 Å². The molecule has 154 valence electrons. The molecule has 1 atom stereocenters. The molecule has 0 aliphatic carbocycles. The summed E-state index contributed by atoms with van der Waals surface area (Å²) in [5.41, 5.74) is -0.580. The second-order valence-corrected chi connectivity index (χ2v) is 8.01. The Morgan fingerprint density at radius 2 is 2.03 bits per heavy atom. The molecule has 0 bridgehead atoms. The number of nitrogens with one attached hydrogen (secondary N) is 1. The first kappa shape index (κ1) is 20.8. The molecule has 3 N–H and O–H groups in total. The third-order valence-electron chi connectivity index (χ3n) is 4.20. The third kappa shape index (κ3) is 3.97. The first-order chi connectivity index (χ1) is 13.6. The Kier molecular flexibility index (Phi) is 5.64. The predicted molar refractivity (Wildman–Crippen MR) is 106 cm³/mol. The van der Waals surface area contributed by atoms with Gasteiger partial charge in [-0.05, 0) is 18.6 Å². The van der Waals surface area contributed by atoms with Crippen molar-refractivity contribution < 1.29 is 22.9 Å². The van der Waals surface area contributed by atoms with E-state index in [0.29, 0.717) is 24.3 Å². The topological polar surface area (TPSA) is 145 Å². The van der Waals surface area contributed by atoms with Crippen molar-refractivity contribution in [3.8, 4) is 5.75 Å². The number of fused-ring (bicyclic) bond motifs is 1. The van der Waals surface area contributed by atoms with Crippen LogP contribution in [0.1, 0.15) is 35.4 Å². The van der Waals surface area contributed by atoms with Crippen LogP contribution in [0.2, 0.25) is 5.02 Å². The molecule has 1 aliphatic heterocycles. The summed E-state index contributed by atoms with van der Waals surface area (Å²) < 4.78 is 31.3. The summed E-state index contributed by atoms with van der Waals surface area (Å²) in [5.74, 6) is -0.347. The maximum Gasteiger partial charge on any atom is 0.301 e. The molecule has 0 aromatic heterocycles. The second kappa shape index (κ2) is 7.85. The number of carbonyl (C=O) groups excluding carboxylic acids is 1. The van der Waals surface area contributed by atoms with E-state index in [1.165, 1.54) is 0 Å². The standard InChI is InChI=1S/C17H17ClN4O6S/c1-2-7-28-15-6-4-3-5-10(15)16-20-17(23)11-8-14(22(24)25)12(18)9-13(11)21(16)29(19,26)27/h3-6,8-9,16H,2,7H2,1H3,(H,20,23)(H2,19,26,27). The minimum absolute atomic E-state index is 0.165. The summed E-state index contributed by atoms with van der Waals surface area (Å²) in [6.07, 6.45) is -0.512. The Hall–Kier alpha value is -2.89. The summed E-state index contributed by atoms with van der Waals surface area (Å²) in [6.45, 7) is 2.29. The van der Waals surface area contributed by atoms with E-state index in [0.717, 1.165) is 16.4 Å². The molecule has 29 heavy (non-hydrogen) atoms. The number of amides is 1. The van der Waals surface area contributed by atoms with E-state index in [1.807, 2.05) is 6.92 Å². The van der Waals surface area contributed by atoms with Crippen molar-refractivity contribution in [2.45, 2.75) is 19.5 Å².